The number of nitrogens with two attached hydrogens (primary N) is 1. The third-order valence-corrected chi connectivity index (χ3v) is 3.08. The predicted octanol–water partition coefficient (Wildman–Crippen LogP) is 0.699. The van der Waals surface area contributed by atoms with Crippen LogP contribution in [0.3, 0.4) is 0 Å². The number of esters is 1. The summed E-state index contributed by atoms with van der Waals surface area (Å²) in [5, 5.41) is 0. The van der Waals surface area contributed by atoms with E-state index in [4.69, 9.17) is 10.5 Å². The number of allylic oxidation sites excluding steroid dienone is 1. The van der Waals surface area contributed by atoms with E-state index < -0.39 is 0 Å². The third-order valence-electron chi connectivity index (χ3n) is 3.08. The van der Waals surface area contributed by atoms with Gasteiger partial charge in [0.05, 0.1) is 12.5 Å². The number of carbonyl (C=O) groups excluding carboxylic acids is 1. The predicted molar refractivity (Wildman–Crippen MR) is 48.8 cm³/mol. The van der Waals surface area contributed by atoms with Gasteiger partial charge in [0.25, 0.3) is 0 Å². The summed E-state index contributed by atoms with van der Waals surface area (Å²) >= 11 is 0. The lowest BCUT2D eigenvalue weighted by atomic mass is 9.90. The second kappa shape index (κ2) is 3.14. The minimum Gasteiger partial charge on any atom is -0.466 e. The Hall–Kier alpha value is -0.830. The highest BCUT2D eigenvalue weighted by molar-refractivity contribution is 5.75. The fraction of sp³-hybridized carbons (Fsp3) is 0.700. The van der Waals surface area contributed by atoms with Crippen molar-refractivity contribution in [2.24, 2.45) is 23.5 Å². The Morgan fingerprint density at radius 1 is 1.54 bits per heavy atom. The van der Waals surface area contributed by atoms with Gasteiger partial charge in [-0.25, -0.2) is 0 Å². The molecular weight excluding hydrogens is 166 g/mol. The van der Waals surface area contributed by atoms with Gasteiger partial charge in [0.1, 0.15) is 0 Å². The second-order valence-corrected chi connectivity index (χ2v) is 3.80. The molecule has 3 nitrogen and oxygen atoms in total. The first-order valence-electron chi connectivity index (χ1n) is 4.84. The van der Waals surface area contributed by atoms with E-state index >= 15 is 0 Å². The fourth-order valence-electron chi connectivity index (χ4n) is 2.43. The van der Waals surface area contributed by atoms with Crippen LogP contribution in [0.1, 0.15) is 13.3 Å². The van der Waals surface area contributed by atoms with E-state index in [9.17, 15) is 4.79 Å². The van der Waals surface area contributed by atoms with Gasteiger partial charge >= 0.3 is 5.97 Å². The first-order chi connectivity index (χ1) is 6.24. The van der Waals surface area contributed by atoms with Crippen LogP contribution in [0.5, 0.6) is 0 Å². The molecule has 0 heterocycles. The summed E-state index contributed by atoms with van der Waals surface area (Å²) in [6, 6.07) is -0.0194. The Labute approximate surface area is 77.9 Å². The molecule has 72 valence electrons. The van der Waals surface area contributed by atoms with Crippen molar-refractivity contribution >= 4 is 5.97 Å². The van der Waals surface area contributed by atoms with Crippen LogP contribution in [0.4, 0.5) is 0 Å². The van der Waals surface area contributed by atoms with Gasteiger partial charge < -0.3 is 10.5 Å². The minimum absolute atomic E-state index is 0.0194. The van der Waals surface area contributed by atoms with E-state index in [1.807, 2.05) is 6.92 Å². The van der Waals surface area contributed by atoms with Crippen molar-refractivity contribution in [3.05, 3.63) is 12.2 Å². The van der Waals surface area contributed by atoms with Crippen LogP contribution in [0, 0.1) is 17.8 Å². The molecule has 0 spiro atoms. The van der Waals surface area contributed by atoms with Gasteiger partial charge in [-0.05, 0) is 25.2 Å². The first kappa shape index (κ1) is 8.75. The lowest BCUT2D eigenvalue weighted by molar-refractivity contribution is -0.149. The van der Waals surface area contributed by atoms with E-state index in [2.05, 4.69) is 12.2 Å². The average Bonchev–Trinajstić information content (AvgIpc) is 2.63. The molecule has 0 unspecified atom stereocenters. The quantitative estimate of drug-likeness (QED) is 0.504. The van der Waals surface area contributed by atoms with Gasteiger partial charge in [-0.2, -0.15) is 0 Å². The molecule has 4 atom stereocenters. The van der Waals surface area contributed by atoms with E-state index in [1.165, 1.54) is 0 Å². The zero-order valence-corrected chi connectivity index (χ0v) is 7.77. The van der Waals surface area contributed by atoms with Crippen molar-refractivity contribution in [3.63, 3.8) is 0 Å². The maximum absolute atomic E-state index is 11.5. The standard InChI is InChI=1S/C10H15NO2/c1-2-13-10(12)8-6-3-4-7(5-6)9(8)11/h3-4,6-9H,2,5,11H2,1H3/t6-,7+,8+,9+/m0/s1. The van der Waals surface area contributed by atoms with E-state index in [1.54, 1.807) is 0 Å². The van der Waals surface area contributed by atoms with Crippen LogP contribution in [0.2, 0.25) is 0 Å². The molecule has 0 aromatic heterocycles. The van der Waals surface area contributed by atoms with E-state index in [0.29, 0.717) is 18.4 Å². The lowest BCUT2D eigenvalue weighted by Gasteiger charge is -2.22. The van der Waals surface area contributed by atoms with Gasteiger partial charge in [-0.3, -0.25) is 4.79 Å². The Morgan fingerprint density at radius 2 is 2.23 bits per heavy atom. The zero-order valence-electron chi connectivity index (χ0n) is 7.77. The highest BCUT2D eigenvalue weighted by Crippen LogP contribution is 2.43. The molecule has 2 aliphatic carbocycles. The zero-order chi connectivity index (χ0) is 9.42. The molecule has 0 aromatic carbocycles. The van der Waals surface area contributed by atoms with Crippen molar-refractivity contribution in [2.45, 2.75) is 19.4 Å². The number of carbonyl (C=O) groups is 1. The summed E-state index contributed by atoms with van der Waals surface area (Å²) in [4.78, 5) is 11.5. The smallest absolute Gasteiger partial charge is 0.311 e. The Kier molecular flexibility index (Phi) is 2.12. The summed E-state index contributed by atoms with van der Waals surface area (Å²) in [5.74, 6) is 0.528. The lowest BCUT2D eigenvalue weighted by Crippen LogP contribution is -2.39. The van der Waals surface area contributed by atoms with Crippen molar-refractivity contribution in [3.8, 4) is 0 Å². The third kappa shape index (κ3) is 1.27. The van der Waals surface area contributed by atoms with Crippen LogP contribution in [0.15, 0.2) is 12.2 Å². The highest BCUT2D eigenvalue weighted by Gasteiger charge is 2.46. The fourth-order valence-corrected chi connectivity index (χ4v) is 2.43. The molecule has 0 aliphatic heterocycles. The normalized spacial score (nSPS) is 41.1. The molecule has 0 radical (unpaired) electrons. The molecule has 1 fully saturated rings. The molecule has 2 aliphatic rings. The van der Waals surface area contributed by atoms with Crippen molar-refractivity contribution in [1.29, 1.82) is 0 Å². The average molecular weight is 181 g/mol. The number of ether oxygens (including phenoxy) is 1. The number of rotatable bonds is 2. The van der Waals surface area contributed by atoms with E-state index in [0.717, 1.165) is 6.42 Å². The molecule has 0 amide bonds. The van der Waals surface area contributed by atoms with Crippen LogP contribution >= 0.6 is 0 Å². The number of hydrogen-bond acceptors (Lipinski definition) is 3. The maximum atomic E-state index is 11.5. The van der Waals surface area contributed by atoms with E-state index in [-0.39, 0.29) is 17.9 Å². The molecule has 2 N–H and O–H groups in total. The molecule has 13 heavy (non-hydrogen) atoms. The van der Waals surface area contributed by atoms with Crippen LogP contribution in [-0.2, 0) is 9.53 Å². The summed E-state index contributed by atoms with van der Waals surface area (Å²) in [6.07, 6.45) is 5.27. The summed E-state index contributed by atoms with van der Waals surface area (Å²) < 4.78 is 5.00. The van der Waals surface area contributed by atoms with Crippen LogP contribution < -0.4 is 5.73 Å². The topological polar surface area (TPSA) is 52.3 Å². The SMILES string of the molecule is CCOC(=O)[C@H]1[C@H](N)[C@@H]2C=C[C@H]1C2. The largest absolute Gasteiger partial charge is 0.466 e. The van der Waals surface area contributed by atoms with Crippen molar-refractivity contribution < 1.29 is 9.53 Å². The number of fused-ring (bicyclic) bond motifs is 2. The minimum atomic E-state index is -0.119. The first-order valence-corrected chi connectivity index (χ1v) is 4.84. The number of hydrogen-bond donors (Lipinski definition) is 1. The Morgan fingerprint density at radius 3 is 2.77 bits per heavy atom. The molecule has 2 rings (SSSR count). The van der Waals surface area contributed by atoms with Gasteiger partial charge in [0.15, 0.2) is 0 Å². The van der Waals surface area contributed by atoms with Crippen molar-refractivity contribution in [2.75, 3.05) is 6.61 Å². The Bertz CT molecular complexity index is 249. The van der Waals surface area contributed by atoms with Gasteiger partial charge in [-0.1, -0.05) is 12.2 Å². The summed E-state index contributed by atoms with van der Waals surface area (Å²) in [5.41, 5.74) is 5.94. The van der Waals surface area contributed by atoms with Crippen molar-refractivity contribution in [1.82, 2.24) is 0 Å². The monoisotopic (exact) mass is 181 g/mol. The van der Waals surface area contributed by atoms with Gasteiger partial charge in [-0.15, -0.1) is 0 Å². The Balaban J connectivity index is 2.08. The molecule has 3 heteroatoms. The summed E-state index contributed by atoms with van der Waals surface area (Å²) in [6.45, 7) is 2.27. The summed E-state index contributed by atoms with van der Waals surface area (Å²) in [7, 11) is 0. The van der Waals surface area contributed by atoms with Crippen LogP contribution in [-0.4, -0.2) is 18.6 Å². The molecular formula is C10H15NO2. The molecule has 1 saturated carbocycles. The maximum Gasteiger partial charge on any atom is 0.311 e. The van der Waals surface area contributed by atoms with Gasteiger partial charge in [0, 0.05) is 6.04 Å². The highest BCUT2D eigenvalue weighted by atomic mass is 16.5. The molecule has 2 bridgehead atoms. The molecule has 0 aromatic rings. The van der Waals surface area contributed by atoms with Crippen LogP contribution in [0.25, 0.3) is 0 Å². The second-order valence-electron chi connectivity index (χ2n) is 3.80. The van der Waals surface area contributed by atoms with Gasteiger partial charge in [0.2, 0.25) is 0 Å². The molecule has 0 saturated heterocycles.